The number of carbonyl (C=O) groups excluding carboxylic acids is 1. The summed E-state index contributed by atoms with van der Waals surface area (Å²) in [6.07, 6.45) is -0.342. The number of benzene rings is 3. The standard InChI is InChI=1S/C20H13IO2/c21-18-12-6-5-11-17(18)20(22)23-19-15-9-3-1-7-13(15)14-8-2-4-10-16(14)19/h1-12,19H. The highest BCUT2D eigenvalue weighted by atomic mass is 127. The molecule has 23 heavy (non-hydrogen) atoms. The third kappa shape index (κ3) is 2.45. The molecule has 0 bridgehead atoms. The maximum atomic E-state index is 12.6. The van der Waals surface area contributed by atoms with Crippen molar-refractivity contribution < 1.29 is 9.53 Å². The SMILES string of the molecule is O=C(OC1c2ccccc2-c2ccccc21)c1ccccc1I. The van der Waals surface area contributed by atoms with Crippen LogP contribution in [0.2, 0.25) is 0 Å². The fourth-order valence-corrected chi connectivity index (χ4v) is 3.64. The number of rotatable bonds is 2. The Bertz CT molecular complexity index is 856. The van der Waals surface area contributed by atoms with Crippen LogP contribution in [0.1, 0.15) is 27.6 Å². The molecule has 3 aromatic rings. The molecule has 0 saturated carbocycles. The van der Waals surface area contributed by atoms with Crippen LogP contribution in [-0.2, 0) is 4.74 Å². The van der Waals surface area contributed by atoms with Crippen LogP contribution >= 0.6 is 22.6 Å². The summed E-state index contributed by atoms with van der Waals surface area (Å²) in [5.74, 6) is -0.286. The lowest BCUT2D eigenvalue weighted by Gasteiger charge is -2.15. The molecule has 1 aliphatic carbocycles. The monoisotopic (exact) mass is 412 g/mol. The van der Waals surface area contributed by atoms with E-state index in [-0.39, 0.29) is 12.1 Å². The lowest BCUT2D eigenvalue weighted by atomic mass is 10.1. The van der Waals surface area contributed by atoms with Gasteiger partial charge < -0.3 is 4.74 Å². The van der Waals surface area contributed by atoms with Gasteiger partial charge in [-0.3, -0.25) is 0 Å². The smallest absolute Gasteiger partial charge is 0.340 e. The highest BCUT2D eigenvalue weighted by Gasteiger charge is 2.31. The molecule has 0 atom stereocenters. The van der Waals surface area contributed by atoms with E-state index in [1.165, 1.54) is 0 Å². The van der Waals surface area contributed by atoms with Gasteiger partial charge in [0, 0.05) is 14.7 Å². The van der Waals surface area contributed by atoms with Crippen LogP contribution in [0.4, 0.5) is 0 Å². The maximum absolute atomic E-state index is 12.6. The number of fused-ring (bicyclic) bond motifs is 3. The Morgan fingerprint density at radius 2 is 1.30 bits per heavy atom. The van der Waals surface area contributed by atoms with Crippen LogP contribution in [0.5, 0.6) is 0 Å². The van der Waals surface area contributed by atoms with Gasteiger partial charge in [0.2, 0.25) is 0 Å². The number of esters is 1. The van der Waals surface area contributed by atoms with Crippen LogP contribution in [-0.4, -0.2) is 5.97 Å². The van der Waals surface area contributed by atoms with Crippen molar-refractivity contribution in [2.24, 2.45) is 0 Å². The van der Waals surface area contributed by atoms with Gasteiger partial charge >= 0.3 is 5.97 Å². The summed E-state index contributed by atoms with van der Waals surface area (Å²) in [7, 11) is 0. The van der Waals surface area contributed by atoms with Gasteiger partial charge in [0.05, 0.1) is 5.56 Å². The Hall–Kier alpha value is -2.14. The Labute approximate surface area is 148 Å². The minimum atomic E-state index is -0.342. The normalized spacial score (nSPS) is 12.6. The summed E-state index contributed by atoms with van der Waals surface area (Å²) in [5, 5.41) is 0. The summed E-state index contributed by atoms with van der Waals surface area (Å²) in [5.41, 5.74) is 4.99. The second-order valence-corrected chi connectivity index (χ2v) is 6.60. The van der Waals surface area contributed by atoms with E-state index >= 15 is 0 Å². The molecule has 1 aliphatic rings. The summed E-state index contributed by atoms with van der Waals surface area (Å²) < 4.78 is 6.79. The van der Waals surface area contributed by atoms with Crippen LogP contribution < -0.4 is 0 Å². The zero-order chi connectivity index (χ0) is 15.8. The van der Waals surface area contributed by atoms with Gasteiger partial charge in [-0.15, -0.1) is 0 Å². The molecule has 112 valence electrons. The van der Waals surface area contributed by atoms with Gasteiger partial charge in [0.25, 0.3) is 0 Å². The van der Waals surface area contributed by atoms with Crippen molar-refractivity contribution >= 4 is 28.6 Å². The van der Waals surface area contributed by atoms with E-state index in [1.807, 2.05) is 54.6 Å². The highest BCUT2D eigenvalue weighted by molar-refractivity contribution is 14.1. The average molecular weight is 412 g/mol. The van der Waals surface area contributed by atoms with E-state index in [4.69, 9.17) is 4.74 Å². The van der Waals surface area contributed by atoms with Crippen molar-refractivity contribution in [1.82, 2.24) is 0 Å². The molecule has 0 saturated heterocycles. The first kappa shape index (κ1) is 14.5. The van der Waals surface area contributed by atoms with Gasteiger partial charge in [-0.25, -0.2) is 4.79 Å². The molecule has 2 nitrogen and oxygen atoms in total. The van der Waals surface area contributed by atoms with Gasteiger partial charge in [-0.05, 0) is 45.9 Å². The molecule has 3 aromatic carbocycles. The fraction of sp³-hybridized carbons (Fsp3) is 0.0500. The van der Waals surface area contributed by atoms with E-state index in [1.54, 1.807) is 6.07 Å². The Kier molecular flexibility index (Phi) is 3.65. The second kappa shape index (κ2) is 5.81. The predicted molar refractivity (Wildman–Crippen MR) is 98.3 cm³/mol. The van der Waals surface area contributed by atoms with E-state index in [2.05, 4.69) is 34.7 Å². The molecular formula is C20H13IO2. The number of hydrogen-bond donors (Lipinski definition) is 0. The van der Waals surface area contributed by atoms with Crippen molar-refractivity contribution in [1.29, 1.82) is 0 Å². The van der Waals surface area contributed by atoms with E-state index in [0.717, 1.165) is 25.8 Å². The van der Waals surface area contributed by atoms with E-state index in [9.17, 15) is 4.79 Å². The summed E-state index contributed by atoms with van der Waals surface area (Å²) in [4.78, 5) is 12.6. The summed E-state index contributed by atoms with van der Waals surface area (Å²) in [6, 6.07) is 23.7. The van der Waals surface area contributed by atoms with Gasteiger partial charge in [-0.1, -0.05) is 60.7 Å². The zero-order valence-electron chi connectivity index (χ0n) is 12.2. The lowest BCUT2D eigenvalue weighted by molar-refractivity contribution is 0.0384. The number of hydrogen-bond acceptors (Lipinski definition) is 2. The van der Waals surface area contributed by atoms with Gasteiger partial charge in [-0.2, -0.15) is 0 Å². The molecule has 0 aromatic heterocycles. The number of carbonyl (C=O) groups is 1. The van der Waals surface area contributed by atoms with Crippen molar-refractivity contribution in [2.45, 2.75) is 6.10 Å². The molecule has 0 radical (unpaired) electrons. The third-order valence-corrected chi connectivity index (χ3v) is 5.04. The molecule has 0 unspecified atom stereocenters. The summed E-state index contributed by atoms with van der Waals surface area (Å²) in [6.45, 7) is 0. The third-order valence-electron chi connectivity index (χ3n) is 4.10. The van der Waals surface area contributed by atoms with Crippen LogP contribution in [0.25, 0.3) is 11.1 Å². The first-order valence-corrected chi connectivity index (χ1v) is 8.47. The Morgan fingerprint density at radius 1 is 0.783 bits per heavy atom. The van der Waals surface area contributed by atoms with E-state index < -0.39 is 0 Å². The quantitative estimate of drug-likeness (QED) is 0.426. The zero-order valence-corrected chi connectivity index (χ0v) is 14.4. The van der Waals surface area contributed by atoms with Gasteiger partial charge in [0.1, 0.15) is 0 Å². The molecule has 0 fully saturated rings. The molecule has 4 rings (SSSR count). The van der Waals surface area contributed by atoms with Crippen LogP contribution in [0, 0.1) is 3.57 Å². The first-order valence-electron chi connectivity index (χ1n) is 7.39. The fourth-order valence-electron chi connectivity index (χ4n) is 3.03. The van der Waals surface area contributed by atoms with Gasteiger partial charge in [0.15, 0.2) is 6.10 Å². The molecule has 0 amide bonds. The second-order valence-electron chi connectivity index (χ2n) is 5.44. The predicted octanol–water partition coefficient (Wildman–Crippen LogP) is 5.22. The topological polar surface area (TPSA) is 26.3 Å². The van der Waals surface area contributed by atoms with Crippen molar-refractivity contribution in [3.63, 3.8) is 0 Å². The van der Waals surface area contributed by atoms with Crippen molar-refractivity contribution in [2.75, 3.05) is 0 Å². The van der Waals surface area contributed by atoms with Crippen LogP contribution in [0.3, 0.4) is 0 Å². The van der Waals surface area contributed by atoms with Crippen LogP contribution in [0.15, 0.2) is 72.8 Å². The maximum Gasteiger partial charge on any atom is 0.340 e. The molecular weight excluding hydrogens is 399 g/mol. The Morgan fingerprint density at radius 3 is 1.91 bits per heavy atom. The lowest BCUT2D eigenvalue weighted by Crippen LogP contribution is -2.12. The Balaban J connectivity index is 1.75. The van der Waals surface area contributed by atoms with Crippen molar-refractivity contribution in [3.8, 4) is 11.1 Å². The molecule has 0 heterocycles. The average Bonchev–Trinajstić information content (AvgIpc) is 2.90. The largest absolute Gasteiger partial charge is 0.449 e. The molecule has 3 heteroatoms. The number of halogens is 1. The van der Waals surface area contributed by atoms with E-state index in [0.29, 0.717) is 5.56 Å². The first-order chi connectivity index (χ1) is 11.3. The van der Waals surface area contributed by atoms with Crippen molar-refractivity contribution in [3.05, 3.63) is 93.1 Å². The molecule has 0 spiro atoms. The summed E-state index contributed by atoms with van der Waals surface area (Å²) >= 11 is 2.16. The highest BCUT2D eigenvalue weighted by Crippen LogP contribution is 2.45. The molecule has 0 N–H and O–H groups in total. The molecule has 0 aliphatic heterocycles. The number of ether oxygens (including phenoxy) is 1. The minimum Gasteiger partial charge on any atom is -0.449 e. The minimum absolute atomic E-state index is 0.286.